The van der Waals surface area contributed by atoms with Gasteiger partial charge in [0.2, 0.25) is 5.95 Å². The molecule has 2 aromatic rings. The maximum Gasteiger partial charge on any atom is 0.224 e. The minimum Gasteiger partial charge on any atom is -0.357 e. The van der Waals surface area contributed by atoms with Crippen LogP contribution in [0.25, 0.3) is 5.82 Å². The van der Waals surface area contributed by atoms with E-state index in [0.29, 0.717) is 5.95 Å². The van der Waals surface area contributed by atoms with Crippen LogP contribution in [-0.2, 0) is 6.42 Å². The fraction of sp³-hybridized carbons (Fsp3) is 0.417. The average molecular weight is 249 g/mol. The van der Waals surface area contributed by atoms with E-state index in [4.69, 9.17) is 0 Å². The third kappa shape index (κ3) is 1.94. The fourth-order valence-corrected chi connectivity index (χ4v) is 2.02. The molecule has 18 heavy (non-hydrogen) atoms. The van der Waals surface area contributed by atoms with Crippen LogP contribution in [0.1, 0.15) is 23.9 Å². The molecule has 0 aliphatic carbocycles. The molecule has 0 spiro atoms. The van der Waals surface area contributed by atoms with Crippen molar-refractivity contribution in [2.45, 2.75) is 27.2 Å². The maximum absolute atomic E-state index is 13.8. The zero-order chi connectivity index (χ0) is 13.3. The van der Waals surface area contributed by atoms with E-state index in [1.807, 2.05) is 13.8 Å². The largest absolute Gasteiger partial charge is 0.357 e. The molecule has 2 aromatic heterocycles. The number of hydrogen-bond acceptors (Lipinski definition) is 4. The minimum atomic E-state index is -0.484. The summed E-state index contributed by atoms with van der Waals surface area (Å²) < 4.78 is 15.3. The maximum atomic E-state index is 13.8. The van der Waals surface area contributed by atoms with E-state index in [1.54, 1.807) is 7.05 Å². The Kier molecular flexibility index (Phi) is 3.27. The molecule has 2 rings (SSSR count). The third-order valence-electron chi connectivity index (χ3n) is 2.94. The Morgan fingerprint density at radius 2 is 2.11 bits per heavy atom. The summed E-state index contributed by atoms with van der Waals surface area (Å²) in [6, 6.07) is 0. The zero-order valence-electron chi connectivity index (χ0n) is 11.0. The van der Waals surface area contributed by atoms with Gasteiger partial charge in [-0.2, -0.15) is 10.1 Å². The van der Waals surface area contributed by atoms with Crippen molar-refractivity contribution in [3.8, 4) is 5.82 Å². The summed E-state index contributed by atoms with van der Waals surface area (Å²) in [4.78, 5) is 7.94. The molecule has 5 nitrogen and oxygen atoms in total. The van der Waals surface area contributed by atoms with Gasteiger partial charge in [0.25, 0.3) is 0 Å². The first-order valence-corrected chi connectivity index (χ1v) is 5.84. The topological polar surface area (TPSA) is 55.6 Å². The van der Waals surface area contributed by atoms with Gasteiger partial charge in [0, 0.05) is 12.7 Å². The van der Waals surface area contributed by atoms with Crippen LogP contribution in [0, 0.1) is 19.7 Å². The highest BCUT2D eigenvalue weighted by atomic mass is 19.1. The van der Waals surface area contributed by atoms with Gasteiger partial charge in [0.05, 0.1) is 11.9 Å². The Labute approximate surface area is 105 Å². The third-order valence-corrected chi connectivity index (χ3v) is 2.94. The molecular weight excluding hydrogens is 233 g/mol. The van der Waals surface area contributed by atoms with Crippen LogP contribution in [0.4, 0.5) is 10.3 Å². The van der Waals surface area contributed by atoms with E-state index in [9.17, 15) is 4.39 Å². The van der Waals surface area contributed by atoms with Gasteiger partial charge >= 0.3 is 0 Å². The second-order valence-electron chi connectivity index (χ2n) is 4.03. The van der Waals surface area contributed by atoms with Crippen molar-refractivity contribution in [1.29, 1.82) is 0 Å². The standard InChI is InChI=1S/C12H16FN5/c1-5-9-7(2)17-18(8(9)3)11-10(13)6-15-12(14-4)16-11/h6H,5H2,1-4H3,(H,14,15,16). The smallest absolute Gasteiger partial charge is 0.224 e. The molecule has 0 bridgehead atoms. The van der Waals surface area contributed by atoms with Crippen molar-refractivity contribution < 1.29 is 4.39 Å². The zero-order valence-corrected chi connectivity index (χ0v) is 11.0. The van der Waals surface area contributed by atoms with Crippen LogP contribution < -0.4 is 5.32 Å². The number of nitrogens with one attached hydrogen (secondary N) is 1. The van der Waals surface area contributed by atoms with Crippen LogP contribution in [0.2, 0.25) is 0 Å². The SMILES string of the molecule is CCc1c(C)nn(-c2nc(NC)ncc2F)c1C. The first-order chi connectivity index (χ1) is 8.58. The normalized spacial score (nSPS) is 10.7. The molecule has 0 saturated heterocycles. The summed E-state index contributed by atoms with van der Waals surface area (Å²) in [5.74, 6) is 0.0638. The fourth-order valence-electron chi connectivity index (χ4n) is 2.02. The van der Waals surface area contributed by atoms with Crippen molar-refractivity contribution in [1.82, 2.24) is 19.7 Å². The van der Waals surface area contributed by atoms with E-state index in [0.717, 1.165) is 29.6 Å². The Bertz CT molecular complexity index is 576. The van der Waals surface area contributed by atoms with Crippen molar-refractivity contribution in [2.24, 2.45) is 0 Å². The number of hydrogen-bond donors (Lipinski definition) is 1. The van der Waals surface area contributed by atoms with Crippen molar-refractivity contribution in [3.05, 3.63) is 29.0 Å². The molecule has 0 atom stereocenters. The lowest BCUT2D eigenvalue weighted by molar-refractivity contribution is 0.590. The second-order valence-corrected chi connectivity index (χ2v) is 4.03. The highest BCUT2D eigenvalue weighted by molar-refractivity contribution is 5.36. The van der Waals surface area contributed by atoms with Gasteiger partial charge in [-0.15, -0.1) is 0 Å². The molecule has 0 aromatic carbocycles. The molecule has 0 amide bonds. The summed E-state index contributed by atoms with van der Waals surface area (Å²) >= 11 is 0. The van der Waals surface area contributed by atoms with Gasteiger partial charge < -0.3 is 5.32 Å². The van der Waals surface area contributed by atoms with Crippen LogP contribution in [-0.4, -0.2) is 26.8 Å². The molecule has 0 aliphatic rings. The van der Waals surface area contributed by atoms with E-state index < -0.39 is 5.82 Å². The lowest BCUT2D eigenvalue weighted by Crippen LogP contribution is -2.08. The average Bonchev–Trinajstić information content (AvgIpc) is 2.65. The monoisotopic (exact) mass is 249 g/mol. The Balaban J connectivity index is 2.61. The summed E-state index contributed by atoms with van der Waals surface area (Å²) in [5.41, 5.74) is 2.94. The van der Waals surface area contributed by atoms with Crippen LogP contribution in [0.3, 0.4) is 0 Å². The number of anilines is 1. The molecule has 0 fully saturated rings. The Morgan fingerprint density at radius 3 is 2.67 bits per heavy atom. The lowest BCUT2D eigenvalue weighted by Gasteiger charge is -2.06. The van der Waals surface area contributed by atoms with Gasteiger partial charge in [-0.3, -0.25) is 0 Å². The molecule has 0 unspecified atom stereocenters. The quantitative estimate of drug-likeness (QED) is 0.904. The Hall–Kier alpha value is -1.98. The highest BCUT2D eigenvalue weighted by Crippen LogP contribution is 2.19. The molecule has 0 aliphatic heterocycles. The van der Waals surface area contributed by atoms with Gasteiger partial charge in [-0.1, -0.05) is 6.92 Å². The molecule has 2 heterocycles. The van der Waals surface area contributed by atoms with Gasteiger partial charge in [0.15, 0.2) is 11.6 Å². The number of aromatic nitrogens is 4. The number of rotatable bonds is 3. The van der Waals surface area contributed by atoms with Crippen LogP contribution >= 0.6 is 0 Å². The van der Waals surface area contributed by atoms with Crippen molar-refractivity contribution >= 4 is 5.95 Å². The van der Waals surface area contributed by atoms with Crippen molar-refractivity contribution in [2.75, 3.05) is 12.4 Å². The summed E-state index contributed by atoms with van der Waals surface area (Å²) in [6.07, 6.45) is 2.01. The molecule has 0 saturated carbocycles. The molecule has 0 radical (unpaired) electrons. The second kappa shape index (κ2) is 4.72. The van der Waals surface area contributed by atoms with Gasteiger partial charge in [0.1, 0.15) is 0 Å². The van der Waals surface area contributed by atoms with E-state index >= 15 is 0 Å². The predicted molar refractivity (Wildman–Crippen MR) is 67.5 cm³/mol. The number of aryl methyl sites for hydroxylation is 1. The van der Waals surface area contributed by atoms with E-state index in [1.165, 1.54) is 4.68 Å². The van der Waals surface area contributed by atoms with Crippen LogP contribution in [0.5, 0.6) is 0 Å². The lowest BCUT2D eigenvalue weighted by atomic mass is 10.1. The predicted octanol–water partition coefficient (Wildman–Crippen LogP) is 2.02. The van der Waals surface area contributed by atoms with E-state index in [-0.39, 0.29) is 5.82 Å². The highest BCUT2D eigenvalue weighted by Gasteiger charge is 2.16. The van der Waals surface area contributed by atoms with Gasteiger partial charge in [-0.25, -0.2) is 14.1 Å². The summed E-state index contributed by atoms with van der Waals surface area (Å²) in [5, 5.41) is 7.14. The Morgan fingerprint density at radius 1 is 1.39 bits per heavy atom. The molecule has 6 heteroatoms. The van der Waals surface area contributed by atoms with Crippen LogP contribution in [0.15, 0.2) is 6.20 Å². The summed E-state index contributed by atoms with van der Waals surface area (Å²) in [6.45, 7) is 5.89. The van der Waals surface area contributed by atoms with E-state index in [2.05, 4.69) is 27.3 Å². The first-order valence-electron chi connectivity index (χ1n) is 5.84. The number of halogens is 1. The van der Waals surface area contributed by atoms with Gasteiger partial charge in [-0.05, 0) is 25.8 Å². The first kappa shape index (κ1) is 12.5. The minimum absolute atomic E-state index is 0.176. The number of nitrogens with zero attached hydrogens (tertiary/aromatic N) is 4. The molecule has 96 valence electrons. The summed E-state index contributed by atoms with van der Waals surface area (Å²) in [7, 11) is 1.69. The van der Waals surface area contributed by atoms with Crippen molar-refractivity contribution in [3.63, 3.8) is 0 Å². The molecule has 1 N–H and O–H groups in total. The molecular formula is C12H16FN5.